The SMILES string of the molecule is O=C(O)c1cc(Cl)cc(S(=O)(=O)NCC2(CO)CC2)c1F. The number of aliphatic hydroxyl groups is 1. The maximum Gasteiger partial charge on any atom is 0.338 e. The molecule has 0 radical (unpaired) electrons. The van der Waals surface area contributed by atoms with Gasteiger partial charge in [-0.3, -0.25) is 0 Å². The van der Waals surface area contributed by atoms with Gasteiger partial charge in [-0.05, 0) is 25.0 Å². The molecule has 0 amide bonds. The summed E-state index contributed by atoms with van der Waals surface area (Å²) in [4.78, 5) is 10.1. The summed E-state index contributed by atoms with van der Waals surface area (Å²) in [5, 5.41) is 17.8. The van der Waals surface area contributed by atoms with Crippen LogP contribution in [0.15, 0.2) is 17.0 Å². The van der Waals surface area contributed by atoms with Crippen LogP contribution in [0.5, 0.6) is 0 Å². The summed E-state index contributed by atoms with van der Waals surface area (Å²) >= 11 is 5.64. The van der Waals surface area contributed by atoms with Gasteiger partial charge in [-0.25, -0.2) is 22.3 Å². The van der Waals surface area contributed by atoms with Crippen molar-refractivity contribution in [3.63, 3.8) is 0 Å². The monoisotopic (exact) mass is 337 g/mol. The van der Waals surface area contributed by atoms with Gasteiger partial charge >= 0.3 is 5.97 Å². The highest BCUT2D eigenvalue weighted by Crippen LogP contribution is 2.44. The molecule has 21 heavy (non-hydrogen) atoms. The maximum atomic E-state index is 14.0. The zero-order valence-electron chi connectivity index (χ0n) is 10.8. The fraction of sp³-hybridized carbons (Fsp3) is 0.417. The number of hydrogen-bond donors (Lipinski definition) is 3. The number of carbonyl (C=O) groups is 1. The van der Waals surface area contributed by atoms with Crippen molar-refractivity contribution in [1.82, 2.24) is 4.72 Å². The van der Waals surface area contributed by atoms with Gasteiger partial charge in [0.05, 0.1) is 5.56 Å². The van der Waals surface area contributed by atoms with Gasteiger partial charge in [-0.1, -0.05) is 11.6 Å². The number of sulfonamides is 1. The van der Waals surface area contributed by atoms with Gasteiger partial charge in [0, 0.05) is 23.6 Å². The topological polar surface area (TPSA) is 104 Å². The second-order valence-corrected chi connectivity index (χ2v) is 7.23. The predicted molar refractivity (Wildman–Crippen MR) is 72.3 cm³/mol. The molecule has 1 fully saturated rings. The average molecular weight is 338 g/mol. The van der Waals surface area contributed by atoms with Crippen LogP contribution in [-0.2, 0) is 10.0 Å². The van der Waals surface area contributed by atoms with E-state index in [-0.39, 0.29) is 18.2 Å². The molecule has 0 atom stereocenters. The molecule has 0 heterocycles. The molecule has 9 heteroatoms. The summed E-state index contributed by atoms with van der Waals surface area (Å²) in [6, 6.07) is 1.69. The van der Waals surface area contributed by atoms with E-state index in [1.54, 1.807) is 0 Å². The summed E-state index contributed by atoms with van der Waals surface area (Å²) in [5.41, 5.74) is -1.32. The highest BCUT2D eigenvalue weighted by atomic mass is 35.5. The number of halogens is 2. The summed E-state index contributed by atoms with van der Waals surface area (Å²) in [6.45, 7) is -0.214. The lowest BCUT2D eigenvalue weighted by Crippen LogP contribution is -2.32. The first kappa shape index (κ1) is 16.2. The normalized spacial score (nSPS) is 16.7. The molecule has 0 bridgehead atoms. The van der Waals surface area contributed by atoms with E-state index in [9.17, 15) is 17.6 Å². The molecule has 2 rings (SSSR count). The summed E-state index contributed by atoms with van der Waals surface area (Å²) in [5.74, 6) is -2.98. The van der Waals surface area contributed by atoms with Crippen molar-refractivity contribution >= 4 is 27.6 Å². The van der Waals surface area contributed by atoms with E-state index in [1.807, 2.05) is 0 Å². The minimum atomic E-state index is -4.26. The van der Waals surface area contributed by atoms with Crippen LogP contribution in [0.25, 0.3) is 0 Å². The van der Waals surface area contributed by atoms with Gasteiger partial charge < -0.3 is 10.2 Å². The third-order valence-corrected chi connectivity index (χ3v) is 5.07. The second-order valence-electron chi connectivity index (χ2n) is 5.05. The lowest BCUT2D eigenvalue weighted by Gasteiger charge is -2.14. The molecule has 3 N–H and O–H groups in total. The van der Waals surface area contributed by atoms with E-state index in [4.69, 9.17) is 21.8 Å². The van der Waals surface area contributed by atoms with Crippen LogP contribution >= 0.6 is 11.6 Å². The number of aromatic carboxylic acids is 1. The molecule has 116 valence electrons. The fourth-order valence-corrected chi connectivity index (χ4v) is 3.37. The largest absolute Gasteiger partial charge is 0.478 e. The zero-order chi connectivity index (χ0) is 15.8. The third kappa shape index (κ3) is 3.34. The van der Waals surface area contributed by atoms with E-state index in [1.165, 1.54) is 0 Å². The van der Waals surface area contributed by atoms with Crippen LogP contribution in [0.2, 0.25) is 5.02 Å². The van der Waals surface area contributed by atoms with Crippen molar-refractivity contribution in [2.45, 2.75) is 17.7 Å². The molecule has 1 aromatic rings. The Hall–Kier alpha value is -1.22. The van der Waals surface area contributed by atoms with Gasteiger partial charge in [0.2, 0.25) is 10.0 Å². The number of nitrogens with one attached hydrogen (secondary N) is 1. The first-order chi connectivity index (χ1) is 9.71. The van der Waals surface area contributed by atoms with Gasteiger partial charge in [0.15, 0.2) is 5.82 Å². The van der Waals surface area contributed by atoms with Crippen LogP contribution in [0, 0.1) is 11.2 Å². The number of carboxylic acids is 1. The molecule has 0 unspecified atom stereocenters. The molecule has 1 aliphatic carbocycles. The number of aliphatic hydroxyl groups excluding tert-OH is 1. The Morgan fingerprint density at radius 2 is 2.05 bits per heavy atom. The molecular formula is C12H13ClFNO5S. The van der Waals surface area contributed by atoms with Gasteiger partial charge in [0.25, 0.3) is 0 Å². The molecule has 0 spiro atoms. The minimum Gasteiger partial charge on any atom is -0.478 e. The summed E-state index contributed by atoms with van der Waals surface area (Å²) in [6.07, 6.45) is 1.34. The van der Waals surface area contributed by atoms with Gasteiger partial charge in [-0.2, -0.15) is 0 Å². The Morgan fingerprint density at radius 1 is 1.43 bits per heavy atom. The first-order valence-electron chi connectivity index (χ1n) is 6.04. The van der Waals surface area contributed by atoms with Crippen LogP contribution < -0.4 is 4.72 Å². The molecule has 0 aliphatic heterocycles. The Balaban J connectivity index is 2.33. The summed E-state index contributed by atoms with van der Waals surface area (Å²) in [7, 11) is -4.26. The van der Waals surface area contributed by atoms with Crippen molar-refractivity contribution in [1.29, 1.82) is 0 Å². The fourth-order valence-electron chi connectivity index (χ4n) is 1.81. The first-order valence-corrected chi connectivity index (χ1v) is 7.90. The summed E-state index contributed by atoms with van der Waals surface area (Å²) < 4.78 is 40.4. The van der Waals surface area contributed by atoms with E-state index in [0.717, 1.165) is 12.1 Å². The number of hydrogen-bond acceptors (Lipinski definition) is 4. The van der Waals surface area contributed by atoms with E-state index in [2.05, 4.69) is 4.72 Å². The van der Waals surface area contributed by atoms with Crippen LogP contribution in [0.3, 0.4) is 0 Å². The highest BCUT2D eigenvalue weighted by molar-refractivity contribution is 7.89. The highest BCUT2D eigenvalue weighted by Gasteiger charge is 2.43. The Kier molecular flexibility index (Phi) is 4.25. The van der Waals surface area contributed by atoms with Crippen molar-refractivity contribution in [2.75, 3.05) is 13.2 Å². The predicted octanol–water partition coefficient (Wildman–Crippen LogP) is 1.23. The molecule has 1 saturated carbocycles. The standard InChI is InChI=1S/C12H13ClFNO5S/c13-7-3-8(11(17)18)10(14)9(4-7)21(19,20)15-5-12(6-16)1-2-12/h3-4,15-16H,1-2,5-6H2,(H,17,18). The Bertz CT molecular complexity index is 687. The van der Waals surface area contributed by atoms with Crippen molar-refractivity contribution < 1.29 is 27.8 Å². The molecular weight excluding hydrogens is 325 g/mol. The lowest BCUT2D eigenvalue weighted by molar-refractivity contribution is 0.0691. The maximum absolute atomic E-state index is 14.0. The molecule has 0 aromatic heterocycles. The molecule has 1 aromatic carbocycles. The average Bonchev–Trinajstić information content (AvgIpc) is 3.19. The van der Waals surface area contributed by atoms with Crippen molar-refractivity contribution in [3.05, 3.63) is 28.5 Å². The Morgan fingerprint density at radius 3 is 2.52 bits per heavy atom. The molecule has 6 nitrogen and oxygen atoms in total. The Labute approximate surface area is 125 Å². The molecule has 1 aliphatic rings. The van der Waals surface area contributed by atoms with E-state index < -0.39 is 37.7 Å². The van der Waals surface area contributed by atoms with E-state index >= 15 is 0 Å². The second kappa shape index (κ2) is 5.53. The van der Waals surface area contributed by atoms with Crippen molar-refractivity contribution in [3.8, 4) is 0 Å². The van der Waals surface area contributed by atoms with Crippen LogP contribution in [0.1, 0.15) is 23.2 Å². The quantitative estimate of drug-likeness (QED) is 0.724. The number of carboxylic acid groups (broad SMARTS) is 1. The van der Waals surface area contributed by atoms with Crippen LogP contribution in [-0.4, -0.2) is 37.8 Å². The lowest BCUT2D eigenvalue weighted by atomic mass is 10.1. The zero-order valence-corrected chi connectivity index (χ0v) is 12.3. The van der Waals surface area contributed by atoms with E-state index in [0.29, 0.717) is 12.8 Å². The smallest absolute Gasteiger partial charge is 0.338 e. The van der Waals surface area contributed by atoms with Crippen molar-refractivity contribution in [2.24, 2.45) is 5.41 Å². The minimum absolute atomic E-state index is 0.0415. The van der Waals surface area contributed by atoms with Crippen LogP contribution in [0.4, 0.5) is 4.39 Å². The molecule has 0 saturated heterocycles. The third-order valence-electron chi connectivity index (χ3n) is 3.45. The number of rotatable bonds is 6. The number of benzene rings is 1. The van der Waals surface area contributed by atoms with Gasteiger partial charge in [0.1, 0.15) is 4.90 Å². The van der Waals surface area contributed by atoms with Gasteiger partial charge in [-0.15, -0.1) is 0 Å².